The number of carbonyl (C=O) groups excluding carboxylic acids is 2. The zero-order valence-electron chi connectivity index (χ0n) is 16.1. The molecule has 0 heterocycles. The van der Waals surface area contributed by atoms with Crippen LogP contribution in [0.1, 0.15) is 22.8 Å². The molecule has 0 unspecified atom stereocenters. The second kappa shape index (κ2) is 9.76. The Bertz CT molecular complexity index is 1110. The molecule has 0 aliphatic carbocycles. The molecule has 0 aliphatic rings. The van der Waals surface area contributed by atoms with Crippen LogP contribution in [0.4, 0.5) is 0 Å². The van der Waals surface area contributed by atoms with Crippen LogP contribution >= 0.6 is 11.6 Å². The quantitative estimate of drug-likeness (QED) is 0.339. The fourth-order valence-corrected chi connectivity index (χ4v) is 2.93. The maximum Gasteiger partial charge on any atom is 0.344 e. The van der Waals surface area contributed by atoms with Crippen molar-refractivity contribution in [3.63, 3.8) is 0 Å². The molecule has 30 heavy (non-hydrogen) atoms. The summed E-state index contributed by atoms with van der Waals surface area (Å²) in [5, 5.41) is 15.2. The maximum absolute atomic E-state index is 12.2. The molecule has 0 saturated carbocycles. The van der Waals surface area contributed by atoms with Crippen molar-refractivity contribution >= 4 is 40.5 Å². The zero-order chi connectivity index (χ0) is 21.5. The van der Waals surface area contributed by atoms with Gasteiger partial charge < -0.3 is 14.6 Å². The summed E-state index contributed by atoms with van der Waals surface area (Å²) >= 11 is 5.82. The molecule has 3 rings (SSSR count). The third-order valence-corrected chi connectivity index (χ3v) is 4.45. The predicted molar refractivity (Wildman–Crippen MR) is 114 cm³/mol. The minimum Gasteiger partial charge on any atom is -0.506 e. The van der Waals surface area contributed by atoms with Crippen molar-refractivity contribution in [3.8, 4) is 11.5 Å². The Kier molecular flexibility index (Phi) is 6.87. The SMILES string of the molecule is CCOC(=O)COc1ccc(C=NNC(=O)c2ccc(O)c(Cl)c2)c2ccccc12. The van der Waals surface area contributed by atoms with Crippen molar-refractivity contribution in [1.29, 1.82) is 0 Å². The number of hydrogen-bond acceptors (Lipinski definition) is 6. The molecule has 154 valence electrons. The Morgan fingerprint density at radius 2 is 1.90 bits per heavy atom. The molecule has 0 bridgehead atoms. The number of carbonyl (C=O) groups is 2. The molecule has 0 spiro atoms. The molecule has 0 atom stereocenters. The summed E-state index contributed by atoms with van der Waals surface area (Å²) in [5.74, 6) is -0.469. The minimum absolute atomic E-state index is 0.0797. The van der Waals surface area contributed by atoms with E-state index in [0.29, 0.717) is 12.4 Å². The summed E-state index contributed by atoms with van der Waals surface area (Å²) < 4.78 is 10.5. The number of benzene rings is 3. The second-order valence-corrected chi connectivity index (χ2v) is 6.56. The molecular weight excluding hydrogens is 408 g/mol. The Hall–Kier alpha value is -3.58. The highest BCUT2D eigenvalue weighted by molar-refractivity contribution is 6.32. The van der Waals surface area contributed by atoms with Crippen molar-refractivity contribution in [2.75, 3.05) is 13.2 Å². The molecule has 0 fully saturated rings. The highest BCUT2D eigenvalue weighted by Crippen LogP contribution is 2.28. The lowest BCUT2D eigenvalue weighted by Gasteiger charge is -2.10. The van der Waals surface area contributed by atoms with Crippen molar-refractivity contribution in [2.45, 2.75) is 6.92 Å². The Labute approximate surface area is 177 Å². The third-order valence-electron chi connectivity index (χ3n) is 4.15. The van der Waals surface area contributed by atoms with Gasteiger partial charge in [-0.1, -0.05) is 35.9 Å². The van der Waals surface area contributed by atoms with E-state index < -0.39 is 11.9 Å². The highest BCUT2D eigenvalue weighted by atomic mass is 35.5. The van der Waals surface area contributed by atoms with Crippen LogP contribution in [0.15, 0.2) is 59.7 Å². The van der Waals surface area contributed by atoms with Crippen LogP contribution in [-0.2, 0) is 9.53 Å². The van der Waals surface area contributed by atoms with E-state index in [2.05, 4.69) is 10.5 Å². The zero-order valence-corrected chi connectivity index (χ0v) is 16.8. The molecule has 2 N–H and O–H groups in total. The smallest absolute Gasteiger partial charge is 0.344 e. The summed E-state index contributed by atoms with van der Waals surface area (Å²) in [6, 6.07) is 15.1. The lowest BCUT2D eigenvalue weighted by molar-refractivity contribution is -0.145. The van der Waals surface area contributed by atoms with Crippen molar-refractivity contribution in [2.24, 2.45) is 5.10 Å². The van der Waals surface area contributed by atoms with Gasteiger partial charge in [0.25, 0.3) is 5.91 Å². The van der Waals surface area contributed by atoms with Crippen molar-refractivity contribution in [3.05, 3.63) is 70.7 Å². The molecule has 8 heteroatoms. The number of esters is 1. The molecule has 3 aromatic carbocycles. The number of fused-ring (bicyclic) bond motifs is 1. The number of halogens is 1. The fourth-order valence-electron chi connectivity index (χ4n) is 2.75. The number of ether oxygens (including phenoxy) is 2. The number of nitrogens with one attached hydrogen (secondary N) is 1. The van der Waals surface area contributed by atoms with Gasteiger partial charge in [0, 0.05) is 16.5 Å². The lowest BCUT2D eigenvalue weighted by Crippen LogP contribution is -2.17. The third kappa shape index (κ3) is 5.07. The molecule has 1 amide bonds. The molecule has 0 radical (unpaired) electrons. The molecule has 3 aromatic rings. The predicted octanol–water partition coefficient (Wildman–Crippen LogP) is 3.90. The van der Waals surface area contributed by atoms with Crippen LogP contribution < -0.4 is 10.2 Å². The van der Waals surface area contributed by atoms with E-state index in [1.807, 2.05) is 24.3 Å². The van der Waals surface area contributed by atoms with Crippen LogP contribution in [0.5, 0.6) is 11.5 Å². The van der Waals surface area contributed by atoms with Crippen LogP contribution in [-0.4, -0.2) is 36.4 Å². The molecular formula is C22H19ClN2O5. The standard InChI is InChI=1S/C22H19ClN2O5/c1-2-29-21(27)13-30-20-10-8-15(16-5-3-4-6-17(16)20)12-24-25-22(28)14-7-9-19(26)18(23)11-14/h3-12,26H,2,13H2,1H3,(H,25,28). The molecule has 0 saturated heterocycles. The van der Waals surface area contributed by atoms with E-state index in [0.717, 1.165) is 16.3 Å². The normalized spacial score (nSPS) is 10.9. The van der Waals surface area contributed by atoms with Gasteiger partial charge in [0.1, 0.15) is 11.5 Å². The number of hydrazone groups is 1. The van der Waals surface area contributed by atoms with E-state index in [4.69, 9.17) is 21.1 Å². The number of aromatic hydroxyl groups is 1. The van der Waals surface area contributed by atoms with Gasteiger partial charge in [-0.05, 0) is 42.6 Å². The summed E-state index contributed by atoms with van der Waals surface area (Å²) in [7, 11) is 0. The summed E-state index contributed by atoms with van der Waals surface area (Å²) in [4.78, 5) is 23.7. The lowest BCUT2D eigenvalue weighted by atomic mass is 10.0. The van der Waals surface area contributed by atoms with Gasteiger partial charge in [0.05, 0.1) is 17.8 Å². The first-order chi connectivity index (χ1) is 14.5. The maximum atomic E-state index is 12.2. The summed E-state index contributed by atoms with van der Waals surface area (Å²) in [6.45, 7) is 1.84. The van der Waals surface area contributed by atoms with Crippen LogP contribution in [0.2, 0.25) is 5.02 Å². The first-order valence-corrected chi connectivity index (χ1v) is 9.49. The van der Waals surface area contributed by atoms with Crippen LogP contribution in [0, 0.1) is 0 Å². The van der Waals surface area contributed by atoms with Crippen LogP contribution in [0.3, 0.4) is 0 Å². The summed E-state index contributed by atoms with van der Waals surface area (Å²) in [6.07, 6.45) is 1.51. The number of amides is 1. The average molecular weight is 427 g/mol. The van der Waals surface area contributed by atoms with E-state index in [1.165, 1.54) is 24.4 Å². The first kappa shape index (κ1) is 21.1. The van der Waals surface area contributed by atoms with Gasteiger partial charge >= 0.3 is 5.97 Å². The number of phenols is 1. The van der Waals surface area contributed by atoms with Gasteiger partial charge in [0.15, 0.2) is 6.61 Å². The van der Waals surface area contributed by atoms with Crippen molar-refractivity contribution < 1.29 is 24.2 Å². The van der Waals surface area contributed by atoms with E-state index in [-0.39, 0.29) is 22.9 Å². The van der Waals surface area contributed by atoms with Gasteiger partial charge in [-0.2, -0.15) is 5.10 Å². The average Bonchev–Trinajstić information content (AvgIpc) is 2.75. The largest absolute Gasteiger partial charge is 0.506 e. The number of phenolic OH excluding ortho intramolecular Hbond substituents is 1. The molecule has 7 nitrogen and oxygen atoms in total. The van der Waals surface area contributed by atoms with Crippen molar-refractivity contribution in [1.82, 2.24) is 5.43 Å². The molecule has 0 aromatic heterocycles. The monoisotopic (exact) mass is 426 g/mol. The van der Waals surface area contributed by atoms with E-state index in [9.17, 15) is 14.7 Å². The minimum atomic E-state index is -0.466. The molecule has 0 aliphatic heterocycles. The van der Waals surface area contributed by atoms with Gasteiger partial charge in [0.2, 0.25) is 0 Å². The second-order valence-electron chi connectivity index (χ2n) is 6.16. The van der Waals surface area contributed by atoms with Gasteiger partial charge in [-0.3, -0.25) is 4.79 Å². The fraction of sp³-hybridized carbons (Fsp3) is 0.136. The number of nitrogens with zero attached hydrogens (tertiary/aromatic N) is 1. The van der Waals surface area contributed by atoms with E-state index >= 15 is 0 Å². The van der Waals surface area contributed by atoms with E-state index in [1.54, 1.807) is 19.1 Å². The Morgan fingerprint density at radius 1 is 1.13 bits per heavy atom. The summed E-state index contributed by atoms with van der Waals surface area (Å²) in [5.41, 5.74) is 3.44. The number of rotatable bonds is 7. The van der Waals surface area contributed by atoms with Crippen LogP contribution in [0.25, 0.3) is 10.8 Å². The van der Waals surface area contributed by atoms with Gasteiger partial charge in [-0.15, -0.1) is 0 Å². The Balaban J connectivity index is 1.76. The van der Waals surface area contributed by atoms with Gasteiger partial charge in [-0.25, -0.2) is 10.2 Å². The Morgan fingerprint density at radius 3 is 2.63 bits per heavy atom. The topological polar surface area (TPSA) is 97.2 Å². The first-order valence-electron chi connectivity index (χ1n) is 9.11. The highest BCUT2D eigenvalue weighted by Gasteiger charge is 2.10. The number of hydrogen-bond donors (Lipinski definition) is 2.